The van der Waals surface area contributed by atoms with Crippen LogP contribution in [0.3, 0.4) is 0 Å². The van der Waals surface area contributed by atoms with Crippen LogP contribution in [0.5, 0.6) is 0 Å². The highest BCUT2D eigenvalue weighted by molar-refractivity contribution is 6.00. The smallest absolute Gasteiger partial charge is 0.264 e. The molecule has 0 aromatic carbocycles. The number of hydrogen-bond acceptors (Lipinski definition) is 19. The third-order valence-electron chi connectivity index (χ3n) is 12.3. The number of nitrogens with two attached hydrogens (primary N) is 8. The molecule has 10 amide bonds. The van der Waals surface area contributed by atoms with E-state index in [1.807, 2.05) is 0 Å². The quantitative estimate of drug-likeness (QED) is 0.0119. The van der Waals surface area contributed by atoms with Crippen LogP contribution in [0.2, 0.25) is 0 Å². The van der Waals surface area contributed by atoms with Crippen molar-refractivity contribution in [2.45, 2.75) is 138 Å². The number of aliphatic hydroxyl groups is 1. The lowest BCUT2D eigenvalue weighted by molar-refractivity contribution is -0.142. The summed E-state index contributed by atoms with van der Waals surface area (Å²) in [6.45, 7) is 0.179. The van der Waals surface area contributed by atoms with Crippen LogP contribution in [-0.4, -0.2) is 188 Å². The van der Waals surface area contributed by atoms with Crippen LogP contribution in [0.1, 0.15) is 89.9 Å². The molecule has 0 radical (unpaired) electrons. The highest BCUT2D eigenvalue weighted by Gasteiger charge is 2.40. The van der Waals surface area contributed by atoms with E-state index in [2.05, 4.69) is 47.9 Å². The number of nitrogens with one attached hydrogen (secondary N) is 10. The van der Waals surface area contributed by atoms with Crippen LogP contribution in [0.15, 0.2) is 23.7 Å². The Balaban J connectivity index is 2.30. The van der Waals surface area contributed by atoms with E-state index in [1.165, 1.54) is 11.0 Å². The molecule has 0 unspecified atom stereocenters. The fourth-order valence-electron chi connectivity index (χ4n) is 8.10. The van der Waals surface area contributed by atoms with E-state index in [4.69, 9.17) is 51.3 Å². The maximum Gasteiger partial charge on any atom is 0.264 e. The van der Waals surface area contributed by atoms with Crippen LogP contribution < -0.4 is 93.7 Å². The van der Waals surface area contributed by atoms with E-state index in [0.717, 1.165) is 0 Å². The van der Waals surface area contributed by atoms with Gasteiger partial charge in [0.2, 0.25) is 53.2 Å². The Bertz CT molecular complexity index is 2100. The van der Waals surface area contributed by atoms with Gasteiger partial charge in [0.15, 0.2) is 5.96 Å². The van der Waals surface area contributed by atoms with Gasteiger partial charge in [0.05, 0.1) is 25.4 Å². The van der Waals surface area contributed by atoms with Gasteiger partial charge in [0, 0.05) is 51.4 Å². The minimum absolute atomic E-state index is 0.0123. The van der Waals surface area contributed by atoms with Crippen molar-refractivity contribution in [3.63, 3.8) is 0 Å². The number of hydrogen-bond donors (Lipinski definition) is 19. The molecule has 2 aliphatic heterocycles. The summed E-state index contributed by atoms with van der Waals surface area (Å²) in [7, 11) is 1.78. The summed E-state index contributed by atoms with van der Waals surface area (Å²) in [6, 6.07) is -9.20. The molecule has 31 nitrogen and oxygen atoms in total. The average molecular weight is 1090 g/mol. The summed E-state index contributed by atoms with van der Waals surface area (Å²) in [4.78, 5) is 137. The molecule has 31 heteroatoms. The molecule has 0 aromatic heterocycles. The van der Waals surface area contributed by atoms with Crippen LogP contribution in [-0.2, 0) is 47.9 Å². The Morgan fingerprint density at radius 2 is 1.39 bits per heavy atom. The molecule has 8 atom stereocenters. The zero-order chi connectivity index (χ0) is 57.6. The fraction of sp³-hybridized carbons (Fsp3) is 0.674. The molecule has 0 bridgehead atoms. The van der Waals surface area contributed by atoms with Gasteiger partial charge in [0.25, 0.3) is 5.91 Å². The summed E-state index contributed by atoms with van der Waals surface area (Å²) in [5.74, 6) is -8.70. The molecule has 0 aromatic rings. The summed E-state index contributed by atoms with van der Waals surface area (Å²) < 4.78 is 0. The summed E-state index contributed by atoms with van der Waals surface area (Å²) in [5, 5.41) is 41.1. The molecular formula is C46H84N20O11. The van der Waals surface area contributed by atoms with Crippen LogP contribution in [0.25, 0.3) is 0 Å². The van der Waals surface area contributed by atoms with Gasteiger partial charge in [-0.1, -0.05) is 12.5 Å². The number of likely N-dealkylation sites (tertiary alicyclic amines) is 1. The second-order valence-corrected chi connectivity index (χ2v) is 18.7. The largest absolute Gasteiger partial charge is 0.389 e. The van der Waals surface area contributed by atoms with E-state index < -0.39 is 127 Å². The summed E-state index contributed by atoms with van der Waals surface area (Å²) in [6.07, 6.45) is 3.84. The molecule has 0 aliphatic carbocycles. The van der Waals surface area contributed by atoms with Crippen molar-refractivity contribution in [1.82, 2.24) is 57.7 Å². The van der Waals surface area contributed by atoms with Crippen molar-refractivity contribution in [3.8, 4) is 0 Å². The number of carbonyl (C=O) groups excluding carboxylic acids is 10. The SMILES string of the molecule is CN1C=C(C[C@H](NC(=O)[C@@H]2CCCN2C(=O)[C@@H](CCCN)NC(=O)CNC(=O)[C@H](CCC(N)=O)NC(=O)[C@@H](NC(=O)[C@@H](N)CCCCN)[C@@H](O)CN)C(=O)N[C@@H](CCCCN)C(=O)N/C(=C\CCNC(=N)N)C(N)=O)NC1. The minimum atomic E-state index is -1.68. The van der Waals surface area contributed by atoms with Crippen molar-refractivity contribution < 1.29 is 53.1 Å². The first kappa shape index (κ1) is 65.9. The maximum absolute atomic E-state index is 14.3. The van der Waals surface area contributed by atoms with E-state index in [0.29, 0.717) is 51.0 Å². The first-order valence-electron chi connectivity index (χ1n) is 25.7. The van der Waals surface area contributed by atoms with Gasteiger partial charge in [-0.05, 0) is 90.3 Å². The Labute approximate surface area is 447 Å². The number of carbonyl (C=O) groups is 10. The molecule has 2 aliphatic rings. The predicted molar refractivity (Wildman–Crippen MR) is 281 cm³/mol. The van der Waals surface area contributed by atoms with E-state index in [1.54, 1.807) is 18.1 Å². The number of guanidine groups is 1. The Hall–Kier alpha value is -7.19. The van der Waals surface area contributed by atoms with Gasteiger partial charge in [-0.2, -0.15) is 0 Å². The number of aliphatic hydroxyl groups excluding tert-OH is 1. The molecule has 1 fully saturated rings. The lowest BCUT2D eigenvalue weighted by Gasteiger charge is -2.30. The number of amides is 10. The molecule has 2 heterocycles. The van der Waals surface area contributed by atoms with Crippen LogP contribution in [0.4, 0.5) is 0 Å². The molecule has 0 spiro atoms. The molecule has 77 heavy (non-hydrogen) atoms. The summed E-state index contributed by atoms with van der Waals surface area (Å²) >= 11 is 0. The normalized spacial score (nSPS) is 16.9. The topological polar surface area (TPSA) is 538 Å². The summed E-state index contributed by atoms with van der Waals surface area (Å²) in [5.41, 5.74) is 45.0. The first-order chi connectivity index (χ1) is 36.6. The molecule has 1 saturated heterocycles. The monoisotopic (exact) mass is 1090 g/mol. The lowest BCUT2D eigenvalue weighted by Crippen LogP contribution is -2.61. The third kappa shape index (κ3) is 24.1. The van der Waals surface area contributed by atoms with E-state index >= 15 is 0 Å². The fourth-order valence-corrected chi connectivity index (χ4v) is 8.10. The minimum Gasteiger partial charge on any atom is -0.389 e. The maximum atomic E-state index is 14.3. The Morgan fingerprint density at radius 3 is 1.99 bits per heavy atom. The Kier molecular flexibility index (Phi) is 30.1. The standard InChI is InChI=1S/C46H84N20O11/c1-65-24-26(58-25-65)21-32(42(74)61-29(10-3-5-17-48)41(73)60-28(38(53)70)12-7-19-56-46(54)55)63-43(75)33-13-8-20-66(33)45(77)31(11-6-18-49)59-36(69)23-57-40(72)30(14-15-35(52)68)62-44(76)37(34(67)22-50)64-39(71)27(51)9-2-4-16-47/h12,24,27,29-34,37,58,67H,2-11,13-23,25,47-51H2,1H3,(H2,52,68)(H2,53,70)(H,57,72)(H,59,69)(H,60,73)(H,61,74)(H,62,76)(H,63,75)(H,64,71)(H4,54,55,56)/b28-12-/t27-,29-,30-,31+,32-,33-,34-,37-/m0/s1. The third-order valence-corrected chi connectivity index (χ3v) is 12.3. The molecular weight excluding hydrogens is 1010 g/mol. The van der Waals surface area contributed by atoms with Crippen LogP contribution >= 0.6 is 0 Å². The number of primary amides is 2. The second-order valence-electron chi connectivity index (χ2n) is 18.7. The van der Waals surface area contributed by atoms with Gasteiger partial charge >= 0.3 is 0 Å². The lowest BCUT2D eigenvalue weighted by atomic mass is 10.0. The molecule has 27 N–H and O–H groups in total. The number of nitrogens with zero attached hydrogens (tertiary/aromatic N) is 2. The van der Waals surface area contributed by atoms with E-state index in [9.17, 15) is 53.1 Å². The predicted octanol–water partition coefficient (Wildman–Crippen LogP) is -8.49. The van der Waals surface area contributed by atoms with Gasteiger partial charge in [-0.25, -0.2) is 0 Å². The van der Waals surface area contributed by atoms with Crippen molar-refractivity contribution in [2.24, 2.45) is 45.9 Å². The highest BCUT2D eigenvalue weighted by Crippen LogP contribution is 2.21. The molecule has 0 saturated carbocycles. The van der Waals surface area contributed by atoms with Gasteiger partial charge in [-0.15, -0.1) is 0 Å². The Morgan fingerprint density at radius 1 is 0.753 bits per heavy atom. The molecule has 434 valence electrons. The van der Waals surface area contributed by atoms with Crippen LogP contribution in [0, 0.1) is 5.41 Å². The zero-order valence-electron chi connectivity index (χ0n) is 43.9. The highest BCUT2D eigenvalue weighted by atomic mass is 16.3. The number of rotatable bonds is 37. The van der Waals surface area contributed by atoms with Crippen molar-refractivity contribution in [2.75, 3.05) is 59.5 Å². The van der Waals surface area contributed by atoms with Gasteiger partial charge in [-0.3, -0.25) is 53.4 Å². The molecule has 2 rings (SSSR count). The van der Waals surface area contributed by atoms with Gasteiger partial charge < -0.3 is 109 Å². The zero-order valence-corrected chi connectivity index (χ0v) is 43.9. The van der Waals surface area contributed by atoms with Crippen molar-refractivity contribution in [1.29, 1.82) is 5.41 Å². The van der Waals surface area contributed by atoms with Crippen molar-refractivity contribution in [3.05, 3.63) is 23.7 Å². The average Bonchev–Trinajstić information content (AvgIpc) is 4.06. The number of unbranched alkanes of at least 4 members (excludes halogenated alkanes) is 2. The van der Waals surface area contributed by atoms with Gasteiger partial charge in [0.1, 0.15) is 41.9 Å². The second kappa shape index (κ2) is 35.2. The first-order valence-corrected chi connectivity index (χ1v) is 25.7. The van der Waals surface area contributed by atoms with Crippen molar-refractivity contribution >= 4 is 65.0 Å². The van der Waals surface area contributed by atoms with E-state index in [-0.39, 0.29) is 89.2 Å².